The first kappa shape index (κ1) is 15.1. The third-order valence-corrected chi connectivity index (χ3v) is 3.30. The van der Waals surface area contributed by atoms with E-state index in [2.05, 4.69) is 24.2 Å². The Morgan fingerprint density at radius 2 is 2.00 bits per heavy atom. The van der Waals surface area contributed by atoms with Crippen LogP contribution in [0.5, 0.6) is 0 Å². The van der Waals surface area contributed by atoms with Gasteiger partial charge >= 0.3 is 5.97 Å². The van der Waals surface area contributed by atoms with Gasteiger partial charge in [-0.05, 0) is 48.6 Å². The summed E-state index contributed by atoms with van der Waals surface area (Å²) in [7, 11) is 0. The zero-order valence-corrected chi connectivity index (χ0v) is 12.4. The van der Waals surface area contributed by atoms with E-state index >= 15 is 0 Å². The van der Waals surface area contributed by atoms with Gasteiger partial charge in [0.05, 0.1) is 0 Å². The van der Waals surface area contributed by atoms with Crippen LogP contribution in [0.4, 0.5) is 11.4 Å². The summed E-state index contributed by atoms with van der Waals surface area (Å²) in [6, 6.07) is 7.53. The number of carboxylic acids is 1. The molecule has 5 nitrogen and oxygen atoms in total. The Balaban J connectivity index is 2.17. The van der Waals surface area contributed by atoms with Crippen LogP contribution in [-0.4, -0.2) is 23.3 Å². The minimum Gasteiger partial charge on any atom is -0.480 e. The molecule has 4 N–H and O–H groups in total. The molecule has 21 heavy (non-hydrogen) atoms. The number of hydrogen-bond donors (Lipinski definition) is 3. The molecule has 0 amide bonds. The Morgan fingerprint density at radius 3 is 2.62 bits per heavy atom. The summed E-state index contributed by atoms with van der Waals surface area (Å²) in [5.74, 6) is -0.910. The lowest BCUT2D eigenvalue weighted by Gasteiger charge is -2.31. The second kappa shape index (κ2) is 5.99. The van der Waals surface area contributed by atoms with Gasteiger partial charge in [0, 0.05) is 22.8 Å². The van der Waals surface area contributed by atoms with Gasteiger partial charge in [-0.25, -0.2) is 0 Å². The molecule has 0 unspecified atom stereocenters. The van der Waals surface area contributed by atoms with Gasteiger partial charge in [0.1, 0.15) is 6.54 Å². The number of benzene rings is 1. The monoisotopic (exact) mass is 287 g/mol. The van der Waals surface area contributed by atoms with Crippen LogP contribution in [0, 0.1) is 5.41 Å². The van der Waals surface area contributed by atoms with Crippen LogP contribution in [0.2, 0.25) is 0 Å². The fourth-order valence-electron chi connectivity index (χ4n) is 2.47. The number of rotatable bonds is 4. The fourth-order valence-corrected chi connectivity index (χ4v) is 2.47. The van der Waals surface area contributed by atoms with E-state index in [0.717, 1.165) is 35.6 Å². The van der Waals surface area contributed by atoms with Crippen molar-refractivity contribution in [3.05, 3.63) is 36.0 Å². The molecule has 1 aliphatic carbocycles. The minimum atomic E-state index is -0.910. The SMILES string of the molecule is CC1(C)CC(Nc2ccc(N)cc2)=CC(=NCC(=O)O)C1. The summed E-state index contributed by atoms with van der Waals surface area (Å²) in [5, 5.41) is 12.1. The molecule has 0 radical (unpaired) electrons. The molecular formula is C16H21N3O2. The van der Waals surface area contributed by atoms with Gasteiger partial charge in [-0.15, -0.1) is 0 Å². The van der Waals surface area contributed by atoms with Gasteiger partial charge < -0.3 is 16.2 Å². The van der Waals surface area contributed by atoms with E-state index in [9.17, 15) is 4.79 Å². The normalized spacial score (nSPS) is 19.1. The number of nitrogens with two attached hydrogens (primary N) is 1. The molecule has 112 valence electrons. The molecule has 0 heterocycles. The van der Waals surface area contributed by atoms with Crippen molar-refractivity contribution in [2.24, 2.45) is 10.4 Å². The topological polar surface area (TPSA) is 87.7 Å². The molecule has 0 saturated heterocycles. The number of aliphatic carboxylic acids is 1. The molecule has 0 saturated carbocycles. The number of carboxylic acid groups (broad SMARTS) is 1. The summed E-state index contributed by atoms with van der Waals surface area (Å²) in [6.07, 6.45) is 3.63. The highest BCUT2D eigenvalue weighted by Gasteiger charge is 2.26. The Kier molecular flexibility index (Phi) is 4.31. The van der Waals surface area contributed by atoms with Gasteiger partial charge in [-0.1, -0.05) is 13.8 Å². The fraction of sp³-hybridized carbons (Fsp3) is 0.375. The first-order chi connectivity index (χ1) is 9.84. The summed E-state index contributed by atoms with van der Waals surface area (Å²) < 4.78 is 0. The molecule has 0 aliphatic heterocycles. The van der Waals surface area contributed by atoms with E-state index in [1.807, 2.05) is 30.3 Å². The number of nitrogens with zero attached hydrogens (tertiary/aromatic N) is 1. The van der Waals surface area contributed by atoms with Crippen LogP contribution < -0.4 is 11.1 Å². The molecule has 1 aromatic rings. The number of anilines is 2. The summed E-state index contributed by atoms with van der Waals surface area (Å²) >= 11 is 0. The van der Waals surface area contributed by atoms with E-state index in [-0.39, 0.29) is 12.0 Å². The van der Waals surface area contributed by atoms with Crippen molar-refractivity contribution in [3.63, 3.8) is 0 Å². The van der Waals surface area contributed by atoms with Gasteiger partial charge in [-0.3, -0.25) is 9.79 Å². The number of allylic oxidation sites excluding steroid dienone is 2. The lowest BCUT2D eigenvalue weighted by molar-refractivity contribution is -0.135. The van der Waals surface area contributed by atoms with Crippen LogP contribution in [-0.2, 0) is 4.79 Å². The summed E-state index contributed by atoms with van der Waals surface area (Å²) in [5.41, 5.74) is 9.29. The Labute approximate surface area is 124 Å². The van der Waals surface area contributed by atoms with Crippen molar-refractivity contribution in [1.29, 1.82) is 0 Å². The van der Waals surface area contributed by atoms with Gasteiger partial charge in [0.2, 0.25) is 0 Å². The first-order valence-corrected chi connectivity index (χ1v) is 6.92. The molecule has 0 spiro atoms. The zero-order valence-electron chi connectivity index (χ0n) is 12.4. The van der Waals surface area contributed by atoms with Crippen molar-refractivity contribution >= 4 is 23.1 Å². The maximum atomic E-state index is 10.7. The maximum Gasteiger partial charge on any atom is 0.325 e. The van der Waals surface area contributed by atoms with Gasteiger partial charge in [0.25, 0.3) is 0 Å². The smallest absolute Gasteiger partial charge is 0.325 e. The van der Waals surface area contributed by atoms with Crippen molar-refractivity contribution in [3.8, 4) is 0 Å². The molecule has 1 aromatic carbocycles. The lowest BCUT2D eigenvalue weighted by Crippen LogP contribution is -2.25. The van der Waals surface area contributed by atoms with E-state index < -0.39 is 5.97 Å². The highest BCUT2D eigenvalue weighted by Crippen LogP contribution is 2.34. The van der Waals surface area contributed by atoms with Crippen molar-refractivity contribution in [2.45, 2.75) is 26.7 Å². The van der Waals surface area contributed by atoms with Gasteiger partial charge in [-0.2, -0.15) is 0 Å². The zero-order chi connectivity index (χ0) is 15.5. The van der Waals surface area contributed by atoms with Crippen LogP contribution in [0.1, 0.15) is 26.7 Å². The molecule has 1 aliphatic rings. The number of nitrogens with one attached hydrogen (secondary N) is 1. The molecule has 0 bridgehead atoms. The first-order valence-electron chi connectivity index (χ1n) is 6.92. The second-order valence-electron chi connectivity index (χ2n) is 6.14. The average molecular weight is 287 g/mol. The summed E-state index contributed by atoms with van der Waals surface area (Å²) in [4.78, 5) is 14.8. The van der Waals surface area contributed by atoms with Crippen molar-refractivity contribution < 1.29 is 9.90 Å². The van der Waals surface area contributed by atoms with Crippen molar-refractivity contribution in [2.75, 3.05) is 17.6 Å². The van der Waals surface area contributed by atoms with Gasteiger partial charge in [0.15, 0.2) is 0 Å². The maximum absolute atomic E-state index is 10.7. The number of carbonyl (C=O) groups is 1. The largest absolute Gasteiger partial charge is 0.480 e. The quantitative estimate of drug-likeness (QED) is 0.743. The van der Waals surface area contributed by atoms with Crippen LogP contribution in [0.25, 0.3) is 0 Å². The number of nitrogen functional groups attached to an aromatic ring is 1. The molecule has 5 heteroatoms. The minimum absolute atomic E-state index is 0.0578. The van der Waals surface area contributed by atoms with Crippen LogP contribution in [0.3, 0.4) is 0 Å². The predicted octanol–water partition coefficient (Wildman–Crippen LogP) is 2.91. The van der Waals surface area contributed by atoms with E-state index in [4.69, 9.17) is 10.8 Å². The highest BCUT2D eigenvalue weighted by molar-refractivity contribution is 5.98. The van der Waals surface area contributed by atoms with E-state index in [1.54, 1.807) is 0 Å². The third-order valence-electron chi connectivity index (χ3n) is 3.30. The molecule has 0 fully saturated rings. The number of hydrogen-bond acceptors (Lipinski definition) is 4. The standard InChI is InChI=1S/C16H21N3O2/c1-16(2)8-13(18-10-15(20)21)7-14(9-16)19-12-5-3-11(17)4-6-12/h3-7,19H,8-10,17H2,1-2H3,(H,20,21). The Hall–Kier alpha value is -2.30. The highest BCUT2D eigenvalue weighted by atomic mass is 16.4. The number of aliphatic imine (C=N–C) groups is 1. The lowest BCUT2D eigenvalue weighted by atomic mass is 9.78. The van der Waals surface area contributed by atoms with Crippen LogP contribution >= 0.6 is 0 Å². The Morgan fingerprint density at radius 1 is 1.33 bits per heavy atom. The van der Waals surface area contributed by atoms with E-state index in [1.165, 1.54) is 0 Å². The summed E-state index contributed by atoms with van der Waals surface area (Å²) in [6.45, 7) is 4.12. The second-order valence-corrected chi connectivity index (χ2v) is 6.14. The molecule has 2 rings (SSSR count). The predicted molar refractivity (Wildman–Crippen MR) is 85.5 cm³/mol. The van der Waals surface area contributed by atoms with E-state index in [0.29, 0.717) is 0 Å². The third kappa shape index (κ3) is 4.63. The molecule has 0 atom stereocenters. The average Bonchev–Trinajstić information content (AvgIpc) is 2.37. The van der Waals surface area contributed by atoms with Crippen LogP contribution in [0.15, 0.2) is 41.0 Å². The Bertz CT molecular complexity index is 586. The van der Waals surface area contributed by atoms with Crippen molar-refractivity contribution in [1.82, 2.24) is 0 Å². The molecular weight excluding hydrogens is 266 g/mol. The molecule has 0 aromatic heterocycles.